The first kappa shape index (κ1) is 16.0. The molecular weight excluding hydrogens is 308 g/mol. The number of nitrogens with one attached hydrogen (secondary N) is 1. The van der Waals surface area contributed by atoms with Crippen molar-refractivity contribution in [2.75, 3.05) is 0 Å². The molecule has 4 nitrogen and oxygen atoms in total. The topological polar surface area (TPSA) is 51.1 Å². The summed E-state index contributed by atoms with van der Waals surface area (Å²) in [4.78, 5) is 24.3. The molecule has 2 aromatic rings. The minimum Gasteiger partial charge on any atom is -0.349 e. The molecule has 2 heterocycles. The van der Waals surface area contributed by atoms with Gasteiger partial charge in [-0.2, -0.15) is 11.3 Å². The van der Waals surface area contributed by atoms with Crippen molar-refractivity contribution in [1.82, 2.24) is 9.88 Å². The van der Waals surface area contributed by atoms with E-state index in [1.54, 1.807) is 6.07 Å². The number of amides is 1. The van der Waals surface area contributed by atoms with Crippen molar-refractivity contribution < 1.29 is 4.79 Å². The highest BCUT2D eigenvalue weighted by molar-refractivity contribution is 7.08. The van der Waals surface area contributed by atoms with Crippen LogP contribution in [0.3, 0.4) is 0 Å². The number of fused-ring (bicyclic) bond motifs is 1. The summed E-state index contributed by atoms with van der Waals surface area (Å²) in [5.41, 5.74) is 3.14. The summed E-state index contributed by atoms with van der Waals surface area (Å²) in [7, 11) is 0. The van der Waals surface area contributed by atoms with Crippen molar-refractivity contribution in [2.45, 2.75) is 45.7 Å². The Morgan fingerprint density at radius 1 is 1.39 bits per heavy atom. The van der Waals surface area contributed by atoms with Crippen LogP contribution in [0.5, 0.6) is 0 Å². The Bertz CT molecular complexity index is 747. The van der Waals surface area contributed by atoms with Crippen LogP contribution in [-0.4, -0.2) is 16.5 Å². The van der Waals surface area contributed by atoms with E-state index in [1.165, 1.54) is 16.9 Å². The number of aromatic nitrogens is 1. The van der Waals surface area contributed by atoms with Crippen LogP contribution >= 0.6 is 11.3 Å². The number of carbonyl (C=O) groups excluding carboxylic acids is 1. The zero-order chi connectivity index (χ0) is 16.4. The van der Waals surface area contributed by atoms with E-state index in [9.17, 15) is 9.59 Å². The molecule has 0 saturated carbocycles. The summed E-state index contributed by atoms with van der Waals surface area (Å²) >= 11 is 1.53. The van der Waals surface area contributed by atoms with Gasteiger partial charge >= 0.3 is 0 Å². The molecule has 0 aromatic carbocycles. The minimum atomic E-state index is -0.00444. The highest BCUT2D eigenvalue weighted by Gasteiger charge is 2.23. The van der Waals surface area contributed by atoms with Gasteiger partial charge in [0.15, 0.2) is 0 Å². The van der Waals surface area contributed by atoms with E-state index < -0.39 is 0 Å². The summed E-state index contributed by atoms with van der Waals surface area (Å²) in [6.45, 7) is 5.00. The molecule has 1 atom stereocenters. The summed E-state index contributed by atoms with van der Waals surface area (Å²) in [5, 5.41) is 6.90. The van der Waals surface area contributed by atoms with Crippen LogP contribution < -0.4 is 10.9 Å². The fraction of sp³-hybridized carbons (Fsp3) is 0.444. The quantitative estimate of drug-likeness (QED) is 0.937. The van der Waals surface area contributed by atoms with Gasteiger partial charge in [0.2, 0.25) is 0 Å². The van der Waals surface area contributed by atoms with Gasteiger partial charge in [0.05, 0.1) is 0 Å². The van der Waals surface area contributed by atoms with E-state index in [-0.39, 0.29) is 17.5 Å². The maximum atomic E-state index is 12.2. The van der Waals surface area contributed by atoms with Crippen molar-refractivity contribution in [3.05, 3.63) is 56.1 Å². The van der Waals surface area contributed by atoms with Gasteiger partial charge < -0.3 is 9.88 Å². The van der Waals surface area contributed by atoms with Gasteiger partial charge in [0.1, 0.15) is 0 Å². The molecule has 0 bridgehead atoms. The monoisotopic (exact) mass is 330 g/mol. The maximum absolute atomic E-state index is 12.2. The molecule has 1 aliphatic rings. The van der Waals surface area contributed by atoms with Gasteiger partial charge in [-0.1, -0.05) is 19.9 Å². The summed E-state index contributed by atoms with van der Waals surface area (Å²) in [6.07, 6.45) is 2.51. The Morgan fingerprint density at radius 2 is 2.22 bits per heavy atom. The third-order valence-corrected chi connectivity index (χ3v) is 4.94. The molecule has 0 radical (unpaired) electrons. The van der Waals surface area contributed by atoms with E-state index in [0.29, 0.717) is 5.92 Å². The van der Waals surface area contributed by atoms with Crippen LogP contribution in [0.2, 0.25) is 0 Å². The molecular formula is C18H22N2O2S. The SMILES string of the molecule is CC(C)Cn1c2c(ccc1=O)CC(NC(=O)c1ccsc1)CC2. The Kier molecular flexibility index (Phi) is 4.66. The predicted octanol–water partition coefficient (Wildman–Crippen LogP) is 2.85. The van der Waals surface area contributed by atoms with Crippen LogP contribution in [0, 0.1) is 5.92 Å². The predicted molar refractivity (Wildman–Crippen MR) is 93.1 cm³/mol. The normalized spacial score (nSPS) is 17.1. The first-order valence-electron chi connectivity index (χ1n) is 8.09. The first-order chi connectivity index (χ1) is 11.0. The zero-order valence-corrected chi connectivity index (χ0v) is 14.4. The van der Waals surface area contributed by atoms with Crippen LogP contribution in [0.4, 0.5) is 0 Å². The maximum Gasteiger partial charge on any atom is 0.252 e. The molecule has 0 aliphatic heterocycles. The molecule has 23 heavy (non-hydrogen) atoms. The standard InChI is InChI=1S/C18H22N2O2S/c1-12(2)10-20-16-5-4-15(9-13(16)3-6-17(20)21)19-18(22)14-7-8-23-11-14/h3,6-8,11-12,15H,4-5,9-10H2,1-2H3,(H,19,22). The molecule has 5 heteroatoms. The van der Waals surface area contributed by atoms with Gasteiger partial charge in [-0.25, -0.2) is 0 Å². The minimum absolute atomic E-state index is 0.00444. The highest BCUT2D eigenvalue weighted by atomic mass is 32.1. The van der Waals surface area contributed by atoms with E-state index in [4.69, 9.17) is 0 Å². The fourth-order valence-electron chi connectivity index (χ4n) is 3.18. The van der Waals surface area contributed by atoms with Crippen LogP contribution in [0.1, 0.15) is 41.9 Å². The fourth-order valence-corrected chi connectivity index (χ4v) is 3.81. The lowest BCUT2D eigenvalue weighted by molar-refractivity contribution is 0.0934. The Morgan fingerprint density at radius 3 is 2.91 bits per heavy atom. The number of thiophene rings is 1. The van der Waals surface area contributed by atoms with E-state index in [0.717, 1.165) is 37.1 Å². The molecule has 0 fully saturated rings. The lowest BCUT2D eigenvalue weighted by Gasteiger charge is -2.28. The number of hydrogen-bond donors (Lipinski definition) is 1. The number of nitrogens with zero attached hydrogens (tertiary/aromatic N) is 1. The first-order valence-corrected chi connectivity index (χ1v) is 9.03. The number of rotatable bonds is 4. The van der Waals surface area contributed by atoms with E-state index >= 15 is 0 Å². The second-order valence-electron chi connectivity index (χ2n) is 6.57. The summed E-state index contributed by atoms with van der Waals surface area (Å²) in [6, 6.07) is 5.57. The smallest absolute Gasteiger partial charge is 0.252 e. The third-order valence-electron chi connectivity index (χ3n) is 4.25. The average Bonchev–Trinajstić information content (AvgIpc) is 3.04. The Labute approximate surface area is 140 Å². The van der Waals surface area contributed by atoms with Gasteiger partial charge in [0.25, 0.3) is 11.5 Å². The van der Waals surface area contributed by atoms with Gasteiger partial charge in [0, 0.05) is 35.3 Å². The molecule has 0 saturated heterocycles. The molecule has 122 valence electrons. The third kappa shape index (κ3) is 3.55. The highest BCUT2D eigenvalue weighted by Crippen LogP contribution is 2.21. The van der Waals surface area contributed by atoms with Crippen LogP contribution in [0.25, 0.3) is 0 Å². The van der Waals surface area contributed by atoms with Crippen LogP contribution in [-0.2, 0) is 19.4 Å². The van der Waals surface area contributed by atoms with Gasteiger partial charge in [-0.15, -0.1) is 0 Å². The van der Waals surface area contributed by atoms with Crippen molar-refractivity contribution in [2.24, 2.45) is 5.92 Å². The summed E-state index contributed by atoms with van der Waals surface area (Å²) < 4.78 is 1.91. The average molecular weight is 330 g/mol. The number of carbonyl (C=O) groups is 1. The Balaban J connectivity index is 1.76. The lowest BCUT2D eigenvalue weighted by atomic mass is 9.91. The van der Waals surface area contributed by atoms with Gasteiger partial charge in [-0.05, 0) is 42.2 Å². The van der Waals surface area contributed by atoms with E-state index in [2.05, 4.69) is 19.2 Å². The molecule has 0 spiro atoms. The zero-order valence-electron chi connectivity index (χ0n) is 13.5. The second kappa shape index (κ2) is 6.71. The second-order valence-corrected chi connectivity index (χ2v) is 7.35. The molecule has 1 unspecified atom stereocenters. The van der Waals surface area contributed by atoms with E-state index in [1.807, 2.05) is 27.5 Å². The molecule has 1 amide bonds. The lowest BCUT2D eigenvalue weighted by Crippen LogP contribution is -2.40. The molecule has 2 aromatic heterocycles. The summed E-state index contributed by atoms with van der Waals surface area (Å²) in [5.74, 6) is 0.436. The van der Waals surface area contributed by atoms with Crippen molar-refractivity contribution >= 4 is 17.2 Å². The van der Waals surface area contributed by atoms with Crippen molar-refractivity contribution in [3.63, 3.8) is 0 Å². The van der Waals surface area contributed by atoms with Crippen molar-refractivity contribution in [3.8, 4) is 0 Å². The molecule has 3 rings (SSSR count). The number of hydrogen-bond acceptors (Lipinski definition) is 3. The van der Waals surface area contributed by atoms with Gasteiger partial charge in [-0.3, -0.25) is 9.59 Å². The number of pyridine rings is 1. The molecule has 1 aliphatic carbocycles. The van der Waals surface area contributed by atoms with Crippen LogP contribution in [0.15, 0.2) is 33.8 Å². The largest absolute Gasteiger partial charge is 0.349 e. The Hall–Kier alpha value is -1.88. The molecule has 1 N–H and O–H groups in total. The van der Waals surface area contributed by atoms with Crippen molar-refractivity contribution in [1.29, 1.82) is 0 Å².